The lowest BCUT2D eigenvalue weighted by Crippen LogP contribution is -1.87. The lowest BCUT2D eigenvalue weighted by Gasteiger charge is -2.00. The summed E-state index contributed by atoms with van der Waals surface area (Å²) in [5, 5.41) is 9.26. The van der Waals surface area contributed by atoms with E-state index < -0.39 is 19.8 Å². The van der Waals surface area contributed by atoms with Gasteiger partial charge in [0.05, 0.1) is 0 Å². The second-order valence-corrected chi connectivity index (χ2v) is 4.67. The molecule has 3 nitrogen and oxygen atoms in total. The highest BCUT2D eigenvalue weighted by Crippen LogP contribution is 2.30. The molecule has 0 fully saturated rings. The largest absolute Gasteiger partial charge is 0.507 e. The summed E-state index contributed by atoms with van der Waals surface area (Å²) in [6.45, 7) is 0. The lowest BCUT2D eigenvalue weighted by molar-refractivity contribution is 0.470. The van der Waals surface area contributed by atoms with Crippen molar-refractivity contribution in [3.05, 3.63) is 27.3 Å². The molecule has 1 aromatic rings. The van der Waals surface area contributed by atoms with Crippen LogP contribution in [0.3, 0.4) is 0 Å². The van der Waals surface area contributed by atoms with E-state index >= 15 is 0 Å². The summed E-state index contributed by atoms with van der Waals surface area (Å²) in [5.74, 6) is 2.14. The van der Waals surface area contributed by atoms with E-state index in [1.165, 1.54) is 6.07 Å². The molecule has 0 bridgehead atoms. The molecule has 0 aliphatic rings. The topological polar surface area (TPSA) is 54.4 Å². The monoisotopic (exact) mass is 290 g/mol. The van der Waals surface area contributed by atoms with Crippen molar-refractivity contribution in [3.8, 4) is 18.1 Å². The Bertz CT molecular complexity index is 419. The Balaban J connectivity index is 3.36. The highest BCUT2D eigenvalue weighted by molar-refractivity contribution is 14.2. The molecule has 68 valence electrons. The third-order valence-corrected chi connectivity index (χ3v) is 3.63. The highest BCUT2D eigenvalue weighted by atomic mass is 127. The van der Waals surface area contributed by atoms with Crippen molar-refractivity contribution in [2.45, 2.75) is 6.42 Å². The quantitative estimate of drug-likeness (QED) is 0.669. The van der Waals surface area contributed by atoms with Crippen LogP contribution in [0.4, 0.5) is 0 Å². The van der Waals surface area contributed by atoms with Crippen LogP contribution in [0, 0.1) is 15.9 Å². The van der Waals surface area contributed by atoms with E-state index in [0.717, 1.165) is 0 Å². The van der Waals surface area contributed by atoms with E-state index in [1.807, 2.05) is 0 Å². The molecule has 0 spiro atoms. The molecule has 0 unspecified atom stereocenters. The van der Waals surface area contributed by atoms with Crippen molar-refractivity contribution in [1.82, 2.24) is 0 Å². The van der Waals surface area contributed by atoms with Gasteiger partial charge in [-0.1, -0.05) is 12.1 Å². The molecule has 0 heterocycles. The van der Waals surface area contributed by atoms with Crippen LogP contribution in [0.25, 0.3) is 0 Å². The third kappa shape index (κ3) is 2.18. The predicted octanol–water partition coefficient (Wildman–Crippen LogP) is 1.93. The molecule has 4 heteroatoms. The zero-order valence-electron chi connectivity index (χ0n) is 6.66. The van der Waals surface area contributed by atoms with E-state index in [-0.39, 0.29) is 15.7 Å². The van der Waals surface area contributed by atoms with Gasteiger partial charge in [-0.2, -0.15) is 0 Å². The first kappa shape index (κ1) is 9.99. The number of rotatable bonds is 2. The second-order valence-electron chi connectivity index (χ2n) is 2.35. The van der Waals surface area contributed by atoms with Crippen LogP contribution in [0.15, 0.2) is 18.2 Å². The minimum atomic E-state index is -3.65. The van der Waals surface area contributed by atoms with E-state index in [4.69, 9.17) is 6.42 Å². The van der Waals surface area contributed by atoms with Crippen LogP contribution < -0.4 is 0 Å². The van der Waals surface area contributed by atoms with Crippen molar-refractivity contribution in [1.29, 1.82) is 0 Å². The van der Waals surface area contributed by atoms with Gasteiger partial charge in [-0.05, 0) is 11.6 Å². The van der Waals surface area contributed by atoms with Gasteiger partial charge in [0.2, 0.25) is 0 Å². The Kier molecular flexibility index (Phi) is 3.25. The fourth-order valence-corrected chi connectivity index (χ4v) is 2.56. The predicted molar refractivity (Wildman–Crippen MR) is 54.7 cm³/mol. The summed E-state index contributed by atoms with van der Waals surface area (Å²) in [6.07, 6.45) is 5.29. The summed E-state index contributed by atoms with van der Waals surface area (Å²) >= 11 is -3.65. The number of hydrogen-bond donors (Lipinski definition) is 1. The van der Waals surface area contributed by atoms with Crippen LogP contribution in [-0.4, -0.2) is 5.11 Å². The molecule has 13 heavy (non-hydrogen) atoms. The maximum absolute atomic E-state index is 10.8. The smallest absolute Gasteiger partial charge is 0.344 e. The van der Waals surface area contributed by atoms with Gasteiger partial charge in [0.25, 0.3) is 0 Å². The molecule has 0 atom stereocenters. The third-order valence-electron chi connectivity index (χ3n) is 1.51. The zero-order valence-corrected chi connectivity index (χ0v) is 8.82. The molecular weight excluding hydrogens is 283 g/mol. The molecule has 1 aromatic carbocycles. The van der Waals surface area contributed by atoms with E-state index in [0.29, 0.717) is 5.56 Å². The highest BCUT2D eigenvalue weighted by Gasteiger charge is 2.11. The maximum Gasteiger partial charge on any atom is 0.344 e. The van der Waals surface area contributed by atoms with Gasteiger partial charge < -0.3 is 5.11 Å². The van der Waals surface area contributed by atoms with Crippen molar-refractivity contribution >= 4 is 19.8 Å². The van der Waals surface area contributed by atoms with Gasteiger partial charge in [-0.15, -0.1) is 12.3 Å². The lowest BCUT2D eigenvalue weighted by atomic mass is 10.1. The van der Waals surface area contributed by atoms with Crippen molar-refractivity contribution in [2.24, 2.45) is 0 Å². The van der Waals surface area contributed by atoms with Crippen LogP contribution in [0.1, 0.15) is 5.56 Å². The molecule has 0 radical (unpaired) electrons. The molecule has 0 amide bonds. The summed E-state index contributed by atoms with van der Waals surface area (Å²) in [7, 11) is 0. The second kappa shape index (κ2) is 4.23. The first-order chi connectivity index (χ1) is 6.16. The van der Waals surface area contributed by atoms with E-state index in [2.05, 4.69) is 5.92 Å². The summed E-state index contributed by atoms with van der Waals surface area (Å²) in [4.78, 5) is 0. The number of benzene rings is 1. The summed E-state index contributed by atoms with van der Waals surface area (Å²) < 4.78 is 21.7. The Hall–Kier alpha value is -1.09. The Morgan fingerprint density at radius 2 is 2.15 bits per heavy atom. The SMILES string of the molecule is C#CCc1cccc(O)c1I(=O)=O. The molecule has 0 aliphatic carbocycles. The van der Waals surface area contributed by atoms with Crippen molar-refractivity contribution in [3.63, 3.8) is 0 Å². The van der Waals surface area contributed by atoms with Crippen LogP contribution in [0.5, 0.6) is 5.75 Å². The molecule has 1 rings (SSSR count). The molecule has 0 saturated carbocycles. The van der Waals surface area contributed by atoms with Gasteiger partial charge in [-0.3, -0.25) is 0 Å². The number of phenols is 1. The molecule has 0 aliphatic heterocycles. The van der Waals surface area contributed by atoms with Gasteiger partial charge in [0.1, 0.15) is 9.32 Å². The number of hydrogen-bond acceptors (Lipinski definition) is 3. The van der Waals surface area contributed by atoms with Crippen molar-refractivity contribution in [2.75, 3.05) is 0 Å². The average Bonchev–Trinajstić information content (AvgIpc) is 2.04. The Morgan fingerprint density at radius 1 is 1.46 bits per heavy atom. The molecule has 0 saturated heterocycles. The first-order valence-electron chi connectivity index (χ1n) is 3.46. The summed E-state index contributed by atoms with van der Waals surface area (Å²) in [6, 6.07) is 4.52. The minimum Gasteiger partial charge on any atom is -0.507 e. The van der Waals surface area contributed by atoms with Gasteiger partial charge >= 0.3 is 19.8 Å². The molecule has 1 N–H and O–H groups in total. The number of terminal acetylenes is 1. The maximum atomic E-state index is 10.8. The normalized spacial score (nSPS) is 9.85. The number of halogens is 1. The Morgan fingerprint density at radius 3 is 2.69 bits per heavy atom. The Labute approximate surface area is 82.9 Å². The molecular formula is C9H7IO3. The van der Waals surface area contributed by atoms with E-state index in [9.17, 15) is 11.2 Å². The van der Waals surface area contributed by atoms with Gasteiger partial charge in [0, 0.05) is 6.42 Å². The fraction of sp³-hybridized carbons (Fsp3) is 0.111. The molecule has 0 aromatic heterocycles. The van der Waals surface area contributed by atoms with Gasteiger partial charge in [-0.25, -0.2) is 6.14 Å². The number of phenolic OH excluding ortho intramolecular Hbond substituents is 1. The summed E-state index contributed by atoms with van der Waals surface area (Å²) in [5.41, 5.74) is 0.498. The van der Waals surface area contributed by atoms with Gasteiger partial charge in [0.15, 0.2) is 0 Å². The first-order valence-corrected chi connectivity index (χ1v) is 6.30. The number of aromatic hydroxyl groups is 1. The van der Waals surface area contributed by atoms with Crippen LogP contribution in [-0.2, 0) is 12.6 Å². The van der Waals surface area contributed by atoms with E-state index in [1.54, 1.807) is 12.1 Å². The average molecular weight is 290 g/mol. The van der Waals surface area contributed by atoms with Crippen molar-refractivity contribution < 1.29 is 11.2 Å². The van der Waals surface area contributed by atoms with Crippen LogP contribution in [0.2, 0.25) is 0 Å². The fourth-order valence-electron chi connectivity index (χ4n) is 0.991. The zero-order chi connectivity index (χ0) is 9.84. The standard InChI is InChI=1S/C9H7IO3/c1-2-4-7-5-3-6-8(11)9(7)10(12)13/h1,3,5-6,11H,4H2. The van der Waals surface area contributed by atoms with Crippen LogP contribution >= 0.6 is 19.8 Å². The minimum absolute atomic E-state index is 0.0182.